The van der Waals surface area contributed by atoms with Gasteiger partial charge in [-0.25, -0.2) is 0 Å². The Labute approximate surface area is 96.8 Å². The smallest absolute Gasteiger partial charge is 0.0269 e. The molecule has 1 aliphatic rings. The molecule has 0 radical (unpaired) electrons. The minimum atomic E-state index is 0.483. The van der Waals surface area contributed by atoms with Crippen molar-refractivity contribution in [1.29, 1.82) is 0 Å². The molecule has 0 amide bonds. The average Bonchev–Trinajstić information content (AvgIpc) is 2.78. The van der Waals surface area contributed by atoms with Gasteiger partial charge in [0.05, 0.1) is 0 Å². The maximum absolute atomic E-state index is 2.48. The quantitative estimate of drug-likeness (QED) is 0.613. The van der Waals surface area contributed by atoms with E-state index in [1.165, 1.54) is 6.42 Å². The molecule has 0 saturated heterocycles. The summed E-state index contributed by atoms with van der Waals surface area (Å²) in [5.41, 5.74) is 1.11. The first-order valence-electron chi connectivity index (χ1n) is 6.64. The predicted molar refractivity (Wildman–Crippen MR) is 68.8 cm³/mol. The van der Waals surface area contributed by atoms with E-state index in [1.54, 1.807) is 0 Å². The van der Waals surface area contributed by atoms with E-state index in [-0.39, 0.29) is 0 Å². The Morgan fingerprint density at radius 3 is 1.80 bits per heavy atom. The lowest BCUT2D eigenvalue weighted by Crippen LogP contribution is -2.31. The fourth-order valence-corrected chi connectivity index (χ4v) is 2.87. The van der Waals surface area contributed by atoms with Crippen LogP contribution in [0, 0.1) is 34.5 Å². The third-order valence-corrected chi connectivity index (χ3v) is 5.93. The zero-order valence-corrected chi connectivity index (χ0v) is 12.0. The lowest BCUT2D eigenvalue weighted by atomic mass is 9.68. The molecule has 1 saturated carbocycles. The van der Waals surface area contributed by atoms with Crippen LogP contribution in [0.1, 0.15) is 61.8 Å². The third kappa shape index (κ3) is 2.10. The second-order valence-electron chi connectivity index (χ2n) is 7.24. The molecule has 0 heterocycles. The first-order valence-corrected chi connectivity index (χ1v) is 6.64. The van der Waals surface area contributed by atoms with Crippen LogP contribution >= 0.6 is 0 Å². The molecule has 3 atom stereocenters. The van der Waals surface area contributed by atoms with Crippen LogP contribution in [-0.4, -0.2) is 0 Å². The van der Waals surface area contributed by atoms with Gasteiger partial charge in [0.15, 0.2) is 0 Å². The Bertz CT molecular complexity index is 224. The van der Waals surface area contributed by atoms with Crippen LogP contribution in [0.3, 0.4) is 0 Å². The fourth-order valence-electron chi connectivity index (χ4n) is 2.87. The first kappa shape index (κ1) is 13.1. The van der Waals surface area contributed by atoms with Gasteiger partial charge in [0.1, 0.15) is 0 Å². The van der Waals surface area contributed by atoms with Crippen LogP contribution in [0.15, 0.2) is 0 Å². The van der Waals surface area contributed by atoms with Crippen molar-refractivity contribution < 1.29 is 0 Å². The van der Waals surface area contributed by atoms with Crippen molar-refractivity contribution in [1.82, 2.24) is 0 Å². The molecule has 0 nitrogen and oxygen atoms in total. The van der Waals surface area contributed by atoms with Crippen LogP contribution in [-0.2, 0) is 0 Å². The molecule has 3 unspecified atom stereocenters. The minimum Gasteiger partial charge on any atom is -0.0623 e. The van der Waals surface area contributed by atoms with Gasteiger partial charge in [-0.3, -0.25) is 0 Å². The standard InChI is InChI=1S/C15H30/c1-10(2)14(6,7)12(5)13-9-15(13,8)11(3)4/h10-13H,9H2,1-8H3. The molecule has 1 fully saturated rings. The molecule has 0 spiro atoms. The molecule has 1 aliphatic carbocycles. The lowest BCUT2D eigenvalue weighted by Gasteiger charge is -2.37. The van der Waals surface area contributed by atoms with Crippen molar-refractivity contribution in [3.8, 4) is 0 Å². The number of hydrogen-bond donors (Lipinski definition) is 0. The van der Waals surface area contributed by atoms with Crippen molar-refractivity contribution in [3.05, 3.63) is 0 Å². The Morgan fingerprint density at radius 2 is 1.53 bits per heavy atom. The topological polar surface area (TPSA) is 0 Å². The summed E-state index contributed by atoms with van der Waals surface area (Å²) in [6, 6.07) is 0. The van der Waals surface area contributed by atoms with Crippen LogP contribution in [0.2, 0.25) is 0 Å². The minimum absolute atomic E-state index is 0.483. The Hall–Kier alpha value is 0. The van der Waals surface area contributed by atoms with Crippen molar-refractivity contribution in [2.45, 2.75) is 61.8 Å². The molecule has 90 valence electrons. The van der Waals surface area contributed by atoms with Crippen molar-refractivity contribution in [2.75, 3.05) is 0 Å². The first-order chi connectivity index (χ1) is 6.64. The maximum Gasteiger partial charge on any atom is -0.0269 e. The molecule has 0 N–H and O–H groups in total. The molecular formula is C15H30. The lowest BCUT2D eigenvalue weighted by molar-refractivity contribution is 0.113. The van der Waals surface area contributed by atoms with E-state index in [9.17, 15) is 0 Å². The van der Waals surface area contributed by atoms with E-state index >= 15 is 0 Å². The fraction of sp³-hybridized carbons (Fsp3) is 1.00. The molecule has 0 aromatic carbocycles. The largest absolute Gasteiger partial charge is 0.0623 e. The summed E-state index contributed by atoms with van der Waals surface area (Å²) in [4.78, 5) is 0. The molecule has 0 aromatic rings. The summed E-state index contributed by atoms with van der Waals surface area (Å²) in [6.45, 7) is 19.3. The van der Waals surface area contributed by atoms with Crippen LogP contribution < -0.4 is 0 Å². The van der Waals surface area contributed by atoms with Gasteiger partial charge in [-0.15, -0.1) is 0 Å². The van der Waals surface area contributed by atoms with E-state index in [1.807, 2.05) is 0 Å². The van der Waals surface area contributed by atoms with Gasteiger partial charge in [-0.2, -0.15) is 0 Å². The summed E-state index contributed by atoms with van der Waals surface area (Å²) < 4.78 is 0. The van der Waals surface area contributed by atoms with E-state index in [4.69, 9.17) is 0 Å². The van der Waals surface area contributed by atoms with Crippen LogP contribution in [0.5, 0.6) is 0 Å². The maximum atomic E-state index is 2.48. The van der Waals surface area contributed by atoms with Crippen molar-refractivity contribution in [3.63, 3.8) is 0 Å². The highest BCUT2D eigenvalue weighted by molar-refractivity contribution is 5.05. The molecule has 0 heteroatoms. The SMILES string of the molecule is CC(C)C(C)(C)C(C)C1CC1(C)C(C)C. The summed E-state index contributed by atoms with van der Waals surface area (Å²) in [6.07, 6.45) is 1.45. The summed E-state index contributed by atoms with van der Waals surface area (Å²) in [5, 5.41) is 0. The van der Waals surface area contributed by atoms with Crippen molar-refractivity contribution in [2.24, 2.45) is 34.5 Å². The highest BCUT2D eigenvalue weighted by atomic mass is 14.6. The highest BCUT2D eigenvalue weighted by Gasteiger charge is 2.56. The van der Waals surface area contributed by atoms with E-state index in [0.29, 0.717) is 10.8 Å². The second kappa shape index (κ2) is 3.79. The summed E-state index contributed by atoms with van der Waals surface area (Å²) in [5.74, 6) is 3.43. The van der Waals surface area contributed by atoms with Gasteiger partial charge in [0.25, 0.3) is 0 Å². The Morgan fingerprint density at radius 1 is 1.07 bits per heavy atom. The predicted octanol–water partition coefficient (Wildman–Crippen LogP) is 4.99. The molecule has 1 rings (SSSR count). The van der Waals surface area contributed by atoms with Gasteiger partial charge in [0, 0.05) is 0 Å². The second-order valence-corrected chi connectivity index (χ2v) is 7.24. The monoisotopic (exact) mass is 210 g/mol. The molecule has 0 aliphatic heterocycles. The van der Waals surface area contributed by atoms with Gasteiger partial charge in [-0.1, -0.05) is 55.4 Å². The van der Waals surface area contributed by atoms with Gasteiger partial charge < -0.3 is 0 Å². The average molecular weight is 210 g/mol. The van der Waals surface area contributed by atoms with Gasteiger partial charge >= 0.3 is 0 Å². The Balaban J connectivity index is 2.70. The summed E-state index contributed by atoms with van der Waals surface area (Å²) in [7, 11) is 0. The Kier molecular flexibility index (Phi) is 3.30. The third-order valence-electron chi connectivity index (χ3n) is 5.93. The van der Waals surface area contributed by atoms with Crippen molar-refractivity contribution >= 4 is 0 Å². The van der Waals surface area contributed by atoms with Gasteiger partial charge in [0.2, 0.25) is 0 Å². The molecule has 0 aromatic heterocycles. The normalized spacial score (nSPS) is 33.6. The summed E-state index contributed by atoms with van der Waals surface area (Å²) >= 11 is 0. The van der Waals surface area contributed by atoms with E-state index in [2.05, 4.69) is 55.4 Å². The van der Waals surface area contributed by atoms with E-state index < -0.39 is 0 Å². The van der Waals surface area contributed by atoms with Crippen LogP contribution in [0.25, 0.3) is 0 Å². The molecule has 0 bridgehead atoms. The molecular weight excluding hydrogens is 180 g/mol. The zero-order chi connectivity index (χ0) is 12.0. The number of rotatable bonds is 4. The number of hydrogen-bond acceptors (Lipinski definition) is 0. The highest BCUT2D eigenvalue weighted by Crippen LogP contribution is 2.64. The van der Waals surface area contributed by atoms with Gasteiger partial charge in [-0.05, 0) is 40.9 Å². The zero-order valence-electron chi connectivity index (χ0n) is 12.0. The van der Waals surface area contributed by atoms with E-state index in [0.717, 1.165) is 23.7 Å². The van der Waals surface area contributed by atoms with Crippen LogP contribution in [0.4, 0.5) is 0 Å². The molecule has 15 heavy (non-hydrogen) atoms.